The number of anilines is 1. The monoisotopic (exact) mass is 365 g/mol. The molecule has 1 aliphatic rings. The number of aromatic nitrogens is 1. The largest absolute Gasteiger partial charge is 0.390 e. The van der Waals surface area contributed by atoms with Crippen molar-refractivity contribution in [2.24, 2.45) is 0 Å². The lowest BCUT2D eigenvalue weighted by molar-refractivity contribution is 0.0171. The lowest BCUT2D eigenvalue weighted by atomic mass is 10.2. The Kier molecular flexibility index (Phi) is 5.25. The van der Waals surface area contributed by atoms with Crippen LogP contribution in [0.15, 0.2) is 34.8 Å². The van der Waals surface area contributed by atoms with Crippen molar-refractivity contribution in [3.63, 3.8) is 0 Å². The first-order valence-electron chi connectivity index (χ1n) is 7.50. The van der Waals surface area contributed by atoms with Crippen molar-refractivity contribution < 1.29 is 9.84 Å². The fourth-order valence-electron chi connectivity index (χ4n) is 2.58. The van der Waals surface area contributed by atoms with Crippen LogP contribution in [0.3, 0.4) is 0 Å². The minimum atomic E-state index is -0.421. The molecule has 0 spiro atoms. The molecular weight excluding hydrogens is 346 g/mol. The van der Waals surface area contributed by atoms with E-state index < -0.39 is 6.10 Å². The Morgan fingerprint density at radius 1 is 1.27 bits per heavy atom. The van der Waals surface area contributed by atoms with Crippen molar-refractivity contribution in [2.45, 2.75) is 6.10 Å². The molecule has 1 fully saturated rings. The molecule has 2 N–H and O–H groups in total. The van der Waals surface area contributed by atoms with Crippen LogP contribution in [0.5, 0.6) is 0 Å². The van der Waals surface area contributed by atoms with Gasteiger partial charge >= 0.3 is 0 Å². The van der Waals surface area contributed by atoms with E-state index in [9.17, 15) is 5.11 Å². The Bertz CT molecular complexity index is 632. The molecule has 0 saturated carbocycles. The lowest BCUT2D eigenvalue weighted by Crippen LogP contribution is -2.42. The first-order chi connectivity index (χ1) is 10.7. The van der Waals surface area contributed by atoms with E-state index in [2.05, 4.69) is 31.1 Å². The van der Waals surface area contributed by atoms with E-state index in [0.29, 0.717) is 13.1 Å². The predicted molar refractivity (Wildman–Crippen MR) is 91.2 cm³/mol. The molecule has 5 nitrogen and oxygen atoms in total. The van der Waals surface area contributed by atoms with Gasteiger partial charge in [-0.05, 0) is 34.1 Å². The van der Waals surface area contributed by atoms with Gasteiger partial charge in [-0.3, -0.25) is 4.90 Å². The highest BCUT2D eigenvalue weighted by Crippen LogP contribution is 2.23. The van der Waals surface area contributed by atoms with Crippen molar-refractivity contribution in [3.8, 4) is 0 Å². The Morgan fingerprint density at radius 3 is 2.91 bits per heavy atom. The second kappa shape index (κ2) is 7.37. The van der Waals surface area contributed by atoms with Gasteiger partial charge in [0.2, 0.25) is 0 Å². The first kappa shape index (κ1) is 15.7. The zero-order valence-electron chi connectivity index (χ0n) is 12.3. The maximum atomic E-state index is 10.1. The molecule has 1 aliphatic heterocycles. The van der Waals surface area contributed by atoms with Crippen molar-refractivity contribution in [2.75, 3.05) is 44.7 Å². The van der Waals surface area contributed by atoms with E-state index in [1.54, 1.807) is 0 Å². The third kappa shape index (κ3) is 3.95. The van der Waals surface area contributed by atoms with Crippen LogP contribution in [-0.4, -0.2) is 60.5 Å². The molecule has 0 radical (unpaired) electrons. The molecule has 3 rings (SSSR count). The summed E-state index contributed by atoms with van der Waals surface area (Å²) in [5.74, 6) is 0.778. The first-order valence-corrected chi connectivity index (χ1v) is 8.29. The zero-order chi connectivity index (χ0) is 15.4. The number of pyridine rings is 1. The van der Waals surface area contributed by atoms with Crippen LogP contribution in [0.25, 0.3) is 10.9 Å². The number of β-amino-alcohol motifs (C(OH)–C–C–N with tert-alkyl or cyclic N) is 1. The molecule has 2 heterocycles. The highest BCUT2D eigenvalue weighted by Gasteiger charge is 2.14. The summed E-state index contributed by atoms with van der Waals surface area (Å²) < 4.78 is 6.28. The van der Waals surface area contributed by atoms with Crippen molar-refractivity contribution in [3.05, 3.63) is 34.8 Å². The topological polar surface area (TPSA) is 57.6 Å². The molecule has 1 unspecified atom stereocenters. The molecule has 1 aromatic heterocycles. The Labute approximate surface area is 138 Å². The number of fused-ring (bicyclic) bond motifs is 1. The van der Waals surface area contributed by atoms with Gasteiger partial charge < -0.3 is 15.2 Å². The van der Waals surface area contributed by atoms with Gasteiger partial charge in [-0.2, -0.15) is 0 Å². The molecule has 1 aromatic carbocycles. The van der Waals surface area contributed by atoms with Gasteiger partial charge in [0.05, 0.1) is 24.8 Å². The average molecular weight is 366 g/mol. The maximum absolute atomic E-state index is 10.1. The highest BCUT2D eigenvalue weighted by atomic mass is 79.9. The van der Waals surface area contributed by atoms with Crippen molar-refractivity contribution in [1.29, 1.82) is 0 Å². The molecule has 2 aromatic rings. The second-order valence-corrected chi connectivity index (χ2v) is 6.31. The number of aliphatic hydroxyl groups is 1. The maximum Gasteiger partial charge on any atom is 0.126 e. The summed E-state index contributed by atoms with van der Waals surface area (Å²) in [6.07, 6.45) is -0.421. The van der Waals surface area contributed by atoms with Gasteiger partial charge in [0.25, 0.3) is 0 Å². The number of hydrogen-bond donors (Lipinski definition) is 2. The highest BCUT2D eigenvalue weighted by molar-refractivity contribution is 9.10. The van der Waals surface area contributed by atoms with E-state index in [0.717, 1.165) is 47.5 Å². The fraction of sp³-hybridized carbons (Fsp3) is 0.438. The molecule has 6 heteroatoms. The number of para-hydroxylation sites is 1. The molecule has 0 bridgehead atoms. The second-order valence-electron chi connectivity index (χ2n) is 5.46. The number of morpholine rings is 1. The average Bonchev–Trinajstić information content (AvgIpc) is 2.54. The predicted octanol–water partition coefficient (Wildman–Crippen LogP) is 2.10. The molecule has 1 atom stereocenters. The summed E-state index contributed by atoms with van der Waals surface area (Å²) in [5, 5.41) is 14.5. The van der Waals surface area contributed by atoms with E-state index in [1.165, 1.54) is 0 Å². The van der Waals surface area contributed by atoms with E-state index >= 15 is 0 Å². The van der Waals surface area contributed by atoms with Crippen LogP contribution in [0.2, 0.25) is 0 Å². The summed E-state index contributed by atoms with van der Waals surface area (Å²) in [6.45, 7) is 4.42. The van der Waals surface area contributed by atoms with Crippen LogP contribution in [0.4, 0.5) is 5.82 Å². The minimum Gasteiger partial charge on any atom is -0.390 e. The number of hydrogen-bond acceptors (Lipinski definition) is 5. The molecule has 1 saturated heterocycles. The smallest absolute Gasteiger partial charge is 0.126 e. The Morgan fingerprint density at radius 2 is 2.09 bits per heavy atom. The molecule has 118 valence electrons. The summed E-state index contributed by atoms with van der Waals surface area (Å²) in [6, 6.07) is 9.98. The van der Waals surface area contributed by atoms with Gasteiger partial charge in [-0.15, -0.1) is 0 Å². The number of aliphatic hydroxyl groups excluding tert-OH is 1. The van der Waals surface area contributed by atoms with Crippen LogP contribution in [0.1, 0.15) is 0 Å². The van der Waals surface area contributed by atoms with E-state index in [1.807, 2.05) is 30.3 Å². The molecule has 0 aliphatic carbocycles. The van der Waals surface area contributed by atoms with E-state index in [4.69, 9.17) is 4.74 Å². The zero-order valence-corrected chi connectivity index (χ0v) is 13.9. The van der Waals surface area contributed by atoms with Crippen molar-refractivity contribution in [1.82, 2.24) is 9.88 Å². The summed E-state index contributed by atoms with van der Waals surface area (Å²) in [4.78, 5) is 6.81. The lowest BCUT2D eigenvalue weighted by Gasteiger charge is -2.28. The van der Waals surface area contributed by atoms with Crippen LogP contribution >= 0.6 is 15.9 Å². The van der Waals surface area contributed by atoms with Gasteiger partial charge in [0, 0.05) is 36.0 Å². The summed E-state index contributed by atoms with van der Waals surface area (Å²) in [5.41, 5.74) is 0.926. The number of nitrogens with one attached hydrogen (secondary N) is 1. The standard InChI is InChI=1S/C16H20BrN3O2/c17-14-3-1-2-12-4-5-15(19-16(12)14)18-10-13(21)11-20-6-8-22-9-7-20/h1-5,13,21H,6-11H2,(H,18,19). The number of rotatable bonds is 5. The van der Waals surface area contributed by atoms with Gasteiger partial charge in [0.1, 0.15) is 5.82 Å². The number of nitrogens with zero attached hydrogens (tertiary/aromatic N) is 2. The van der Waals surface area contributed by atoms with Gasteiger partial charge in [-0.25, -0.2) is 4.98 Å². The summed E-state index contributed by atoms with van der Waals surface area (Å²) in [7, 11) is 0. The van der Waals surface area contributed by atoms with Crippen LogP contribution in [0, 0.1) is 0 Å². The van der Waals surface area contributed by atoms with Crippen LogP contribution < -0.4 is 5.32 Å². The third-order valence-electron chi connectivity index (χ3n) is 3.76. The number of halogens is 1. The third-order valence-corrected chi connectivity index (χ3v) is 4.40. The van der Waals surface area contributed by atoms with Crippen molar-refractivity contribution >= 4 is 32.7 Å². The molecule has 0 amide bonds. The van der Waals surface area contributed by atoms with E-state index in [-0.39, 0.29) is 0 Å². The van der Waals surface area contributed by atoms with Crippen LogP contribution in [-0.2, 0) is 4.74 Å². The summed E-state index contributed by atoms with van der Waals surface area (Å²) >= 11 is 3.52. The van der Waals surface area contributed by atoms with Gasteiger partial charge in [-0.1, -0.05) is 12.1 Å². The Balaban J connectivity index is 1.57. The molecular formula is C16H20BrN3O2. The number of ether oxygens (including phenoxy) is 1. The quantitative estimate of drug-likeness (QED) is 0.849. The molecule has 22 heavy (non-hydrogen) atoms. The normalized spacial score (nSPS) is 17.5. The minimum absolute atomic E-state index is 0.421. The van der Waals surface area contributed by atoms with Gasteiger partial charge in [0.15, 0.2) is 0 Å². The Hall–Kier alpha value is -1.21. The fourth-order valence-corrected chi connectivity index (χ4v) is 3.05. The SMILES string of the molecule is OC(CNc1ccc2cccc(Br)c2n1)CN1CCOCC1. The number of benzene rings is 1.